The van der Waals surface area contributed by atoms with Gasteiger partial charge in [-0.25, -0.2) is 0 Å². The first-order valence-corrected chi connectivity index (χ1v) is 3.16. The Labute approximate surface area is 68.7 Å². The highest BCUT2D eigenvalue weighted by atomic mass is 35.5. The van der Waals surface area contributed by atoms with E-state index in [9.17, 15) is 0 Å². The molecule has 0 aromatic rings. The highest BCUT2D eigenvalue weighted by molar-refractivity contribution is 5.40. The Morgan fingerprint density at radius 3 is 2.80 bits per heavy atom. The van der Waals surface area contributed by atoms with Gasteiger partial charge in [-0.2, -0.15) is 0 Å². The fourth-order valence-electron chi connectivity index (χ4n) is 0.921. The maximum atomic E-state index is 3.67. The molecule has 54 valence electrons. The van der Waals surface area contributed by atoms with Crippen molar-refractivity contribution in [2.75, 3.05) is 0 Å². The molecule has 1 rings (SSSR count). The van der Waals surface area contributed by atoms with E-state index in [4.69, 9.17) is 0 Å². The van der Waals surface area contributed by atoms with Crippen LogP contribution in [0.4, 0.5) is 0 Å². The van der Waals surface area contributed by atoms with Gasteiger partial charge >= 0.3 is 0 Å². The molecule has 1 aliphatic carbocycles. The molecule has 0 spiro atoms. The SMILES string of the molecule is C=CCC1=C[C+](C)C=C1.[Cl-]. The van der Waals surface area contributed by atoms with Crippen molar-refractivity contribution in [1.29, 1.82) is 0 Å². The highest BCUT2D eigenvalue weighted by Crippen LogP contribution is 2.19. The van der Waals surface area contributed by atoms with Crippen LogP contribution in [-0.2, 0) is 0 Å². The normalized spacial score (nSPS) is 14.5. The summed E-state index contributed by atoms with van der Waals surface area (Å²) in [4.78, 5) is 0. The fourth-order valence-corrected chi connectivity index (χ4v) is 0.921. The average molecular weight is 155 g/mol. The van der Waals surface area contributed by atoms with E-state index in [2.05, 4.69) is 31.7 Å². The largest absolute Gasteiger partial charge is 1.00 e. The summed E-state index contributed by atoms with van der Waals surface area (Å²) in [6, 6.07) is 0. The lowest BCUT2D eigenvalue weighted by Gasteiger charge is -1.80. The van der Waals surface area contributed by atoms with Gasteiger partial charge in [0.05, 0.1) is 29.7 Å². The third-order valence-corrected chi connectivity index (χ3v) is 1.35. The molecule has 0 aliphatic heterocycles. The van der Waals surface area contributed by atoms with Crippen LogP contribution in [0.2, 0.25) is 0 Å². The lowest BCUT2D eigenvalue weighted by Crippen LogP contribution is -3.00. The zero-order valence-corrected chi connectivity index (χ0v) is 6.86. The average Bonchev–Trinajstić information content (AvgIpc) is 2.17. The minimum atomic E-state index is 0. The van der Waals surface area contributed by atoms with Crippen molar-refractivity contribution in [2.45, 2.75) is 13.3 Å². The smallest absolute Gasteiger partial charge is 0.0972 e. The fraction of sp³-hybridized carbons (Fsp3) is 0.222. The van der Waals surface area contributed by atoms with Crippen molar-refractivity contribution in [2.24, 2.45) is 0 Å². The first kappa shape index (κ1) is 9.38. The van der Waals surface area contributed by atoms with Crippen LogP contribution in [0.3, 0.4) is 0 Å². The second-order valence-electron chi connectivity index (χ2n) is 2.29. The first-order valence-electron chi connectivity index (χ1n) is 3.16. The minimum absolute atomic E-state index is 0. The Morgan fingerprint density at radius 2 is 2.40 bits per heavy atom. The third-order valence-electron chi connectivity index (χ3n) is 1.35. The second-order valence-corrected chi connectivity index (χ2v) is 2.29. The first-order chi connectivity index (χ1) is 4.33. The second kappa shape index (κ2) is 4.24. The summed E-state index contributed by atoms with van der Waals surface area (Å²) in [5.74, 6) is 1.34. The van der Waals surface area contributed by atoms with Crippen LogP contribution in [0.1, 0.15) is 13.3 Å². The molecular weight excluding hydrogens is 144 g/mol. The highest BCUT2D eigenvalue weighted by Gasteiger charge is 2.11. The molecular formula is C9H11Cl. The molecule has 0 bridgehead atoms. The van der Waals surface area contributed by atoms with Crippen molar-refractivity contribution >= 4 is 0 Å². The van der Waals surface area contributed by atoms with Gasteiger partial charge in [-0.15, -0.1) is 6.58 Å². The number of allylic oxidation sites excluding steroid dienone is 5. The minimum Gasteiger partial charge on any atom is -1.00 e. The lowest BCUT2D eigenvalue weighted by molar-refractivity contribution is -0.00000191. The molecule has 0 nitrogen and oxygen atoms in total. The monoisotopic (exact) mass is 154 g/mol. The van der Waals surface area contributed by atoms with Crippen LogP contribution in [0, 0.1) is 5.92 Å². The standard InChI is InChI=1S/C9H11.ClH/c1-3-4-9-6-5-8(2)7-9;/h3,5-7H,1,4H2,2H3;1H/q+1;/p-1. The maximum Gasteiger partial charge on any atom is 0.0972 e. The Bertz CT molecular complexity index is 166. The lowest BCUT2D eigenvalue weighted by atomic mass is 10.2. The van der Waals surface area contributed by atoms with Gasteiger partial charge in [-0.1, -0.05) is 6.08 Å². The van der Waals surface area contributed by atoms with E-state index in [1.54, 1.807) is 0 Å². The molecule has 0 amide bonds. The predicted molar refractivity (Wildman–Crippen MR) is 41.0 cm³/mol. The molecule has 0 saturated carbocycles. The summed E-state index contributed by atoms with van der Waals surface area (Å²) >= 11 is 0. The maximum absolute atomic E-state index is 3.67. The van der Waals surface area contributed by atoms with Crippen LogP contribution >= 0.6 is 0 Å². The molecule has 0 unspecified atom stereocenters. The molecule has 0 aromatic carbocycles. The number of halogens is 1. The quantitative estimate of drug-likeness (QED) is 0.377. The van der Waals surface area contributed by atoms with Gasteiger partial charge < -0.3 is 12.4 Å². The van der Waals surface area contributed by atoms with Crippen LogP contribution in [-0.4, -0.2) is 0 Å². The van der Waals surface area contributed by atoms with Crippen LogP contribution < -0.4 is 12.4 Å². The van der Waals surface area contributed by atoms with Crippen molar-refractivity contribution in [3.63, 3.8) is 0 Å². The molecule has 0 aromatic heterocycles. The van der Waals surface area contributed by atoms with Crippen LogP contribution in [0.15, 0.2) is 36.5 Å². The Morgan fingerprint density at radius 1 is 1.70 bits per heavy atom. The number of hydrogen-bond donors (Lipinski definition) is 0. The molecule has 0 N–H and O–H groups in total. The zero-order valence-electron chi connectivity index (χ0n) is 6.10. The van der Waals surface area contributed by atoms with E-state index < -0.39 is 0 Å². The summed E-state index contributed by atoms with van der Waals surface area (Å²) in [6.07, 6.45) is 9.36. The predicted octanol–water partition coefficient (Wildman–Crippen LogP) is -0.343. The number of rotatable bonds is 2. The Kier molecular flexibility index (Phi) is 3.97. The summed E-state index contributed by atoms with van der Waals surface area (Å²) in [5.41, 5.74) is 1.36. The van der Waals surface area contributed by atoms with Gasteiger partial charge in [0.15, 0.2) is 0 Å². The van der Waals surface area contributed by atoms with Crippen molar-refractivity contribution in [3.05, 3.63) is 42.4 Å². The van der Waals surface area contributed by atoms with Crippen molar-refractivity contribution in [3.8, 4) is 0 Å². The third kappa shape index (κ3) is 2.32. The van der Waals surface area contributed by atoms with E-state index in [0.717, 1.165) is 6.42 Å². The van der Waals surface area contributed by atoms with Crippen LogP contribution in [0.25, 0.3) is 0 Å². The van der Waals surface area contributed by atoms with E-state index in [1.165, 1.54) is 11.5 Å². The Balaban J connectivity index is 0.000000810. The molecule has 0 atom stereocenters. The van der Waals surface area contributed by atoms with E-state index >= 15 is 0 Å². The van der Waals surface area contributed by atoms with Gasteiger partial charge in [0.1, 0.15) is 0 Å². The van der Waals surface area contributed by atoms with Gasteiger partial charge in [0.25, 0.3) is 0 Å². The molecule has 0 heterocycles. The van der Waals surface area contributed by atoms with Gasteiger partial charge in [-0.05, 0) is 0 Å². The molecule has 1 heteroatoms. The van der Waals surface area contributed by atoms with Crippen LogP contribution in [0.5, 0.6) is 0 Å². The zero-order chi connectivity index (χ0) is 6.69. The molecule has 0 fully saturated rings. The summed E-state index contributed by atoms with van der Waals surface area (Å²) < 4.78 is 0. The van der Waals surface area contributed by atoms with E-state index in [-0.39, 0.29) is 12.4 Å². The summed E-state index contributed by atoms with van der Waals surface area (Å²) in [5, 5.41) is 0. The van der Waals surface area contributed by atoms with Crippen molar-refractivity contribution < 1.29 is 12.4 Å². The van der Waals surface area contributed by atoms with Gasteiger partial charge in [0.2, 0.25) is 0 Å². The van der Waals surface area contributed by atoms with Gasteiger partial charge in [-0.3, -0.25) is 0 Å². The molecule has 1 aliphatic rings. The molecule has 0 saturated heterocycles. The number of hydrogen-bond acceptors (Lipinski definition) is 0. The van der Waals surface area contributed by atoms with Gasteiger partial charge in [0, 0.05) is 13.3 Å². The van der Waals surface area contributed by atoms with E-state index in [0.29, 0.717) is 0 Å². The molecule has 10 heavy (non-hydrogen) atoms. The summed E-state index contributed by atoms with van der Waals surface area (Å²) in [7, 11) is 0. The summed E-state index contributed by atoms with van der Waals surface area (Å²) in [6.45, 7) is 5.77. The molecule has 0 radical (unpaired) electrons. The topological polar surface area (TPSA) is 0 Å². The van der Waals surface area contributed by atoms with E-state index in [1.807, 2.05) is 6.08 Å². The van der Waals surface area contributed by atoms with Crippen molar-refractivity contribution in [1.82, 2.24) is 0 Å². The Hall–Kier alpha value is -0.620.